The van der Waals surface area contributed by atoms with E-state index in [2.05, 4.69) is 22.2 Å². The molecule has 1 aromatic heterocycles. The summed E-state index contributed by atoms with van der Waals surface area (Å²) >= 11 is 0. The van der Waals surface area contributed by atoms with E-state index in [4.69, 9.17) is 0 Å². The molecular formula is C13H16N4O2. The van der Waals surface area contributed by atoms with Crippen molar-refractivity contribution in [1.82, 2.24) is 15.6 Å². The van der Waals surface area contributed by atoms with Crippen LogP contribution in [-0.2, 0) is 0 Å². The molecule has 0 radical (unpaired) electrons. The molecule has 0 amide bonds. The van der Waals surface area contributed by atoms with Crippen LogP contribution in [0.4, 0.5) is 5.69 Å². The highest BCUT2D eigenvalue weighted by atomic mass is 16.6. The highest BCUT2D eigenvalue weighted by molar-refractivity contribution is 5.61. The molecule has 1 heterocycles. The molecule has 0 saturated heterocycles. The average molecular weight is 260 g/mol. The van der Waals surface area contributed by atoms with Crippen LogP contribution in [0.15, 0.2) is 48.7 Å². The van der Waals surface area contributed by atoms with Crippen molar-refractivity contribution < 1.29 is 4.92 Å². The van der Waals surface area contributed by atoms with Crippen LogP contribution in [0, 0.1) is 10.1 Å². The van der Waals surface area contributed by atoms with Crippen LogP contribution in [0.5, 0.6) is 0 Å². The molecule has 1 aromatic rings. The predicted molar refractivity (Wildman–Crippen MR) is 75.0 cm³/mol. The third-order valence-electron chi connectivity index (χ3n) is 2.35. The molecule has 100 valence electrons. The number of rotatable bonds is 6. The Morgan fingerprint density at radius 1 is 1.58 bits per heavy atom. The van der Waals surface area contributed by atoms with E-state index in [1.165, 1.54) is 12.4 Å². The minimum atomic E-state index is -0.464. The Hall–Kier alpha value is -2.63. The van der Waals surface area contributed by atoms with Crippen molar-refractivity contribution in [3.8, 4) is 0 Å². The summed E-state index contributed by atoms with van der Waals surface area (Å²) in [6, 6.07) is 1.58. The van der Waals surface area contributed by atoms with Crippen molar-refractivity contribution in [2.45, 2.75) is 6.92 Å². The van der Waals surface area contributed by atoms with Crippen LogP contribution in [0.3, 0.4) is 0 Å². The number of nitrogens with one attached hydrogen (secondary N) is 2. The summed E-state index contributed by atoms with van der Waals surface area (Å²) in [6.07, 6.45) is 7.88. The van der Waals surface area contributed by atoms with Gasteiger partial charge in [-0.05, 0) is 31.2 Å². The van der Waals surface area contributed by atoms with Gasteiger partial charge in [-0.25, -0.2) is 0 Å². The van der Waals surface area contributed by atoms with Crippen molar-refractivity contribution in [2.75, 3.05) is 7.05 Å². The zero-order valence-corrected chi connectivity index (χ0v) is 10.9. The maximum absolute atomic E-state index is 10.8. The summed E-state index contributed by atoms with van der Waals surface area (Å²) in [5, 5.41) is 16.8. The van der Waals surface area contributed by atoms with E-state index in [-0.39, 0.29) is 5.69 Å². The van der Waals surface area contributed by atoms with Crippen LogP contribution in [0.25, 0.3) is 6.08 Å². The first-order chi connectivity index (χ1) is 9.08. The smallest absolute Gasteiger partial charge is 0.294 e. The fraction of sp³-hybridized carbons (Fsp3) is 0.154. The first-order valence-corrected chi connectivity index (χ1v) is 5.65. The normalized spacial score (nSPS) is 11.4. The molecule has 0 aliphatic rings. The second kappa shape index (κ2) is 6.95. The van der Waals surface area contributed by atoms with E-state index < -0.39 is 4.92 Å². The van der Waals surface area contributed by atoms with Gasteiger partial charge in [-0.2, -0.15) is 0 Å². The second-order valence-corrected chi connectivity index (χ2v) is 3.63. The van der Waals surface area contributed by atoms with Crippen LogP contribution >= 0.6 is 0 Å². The molecular weight excluding hydrogens is 244 g/mol. The second-order valence-electron chi connectivity index (χ2n) is 3.63. The molecule has 0 fully saturated rings. The molecule has 0 aromatic carbocycles. The topological polar surface area (TPSA) is 80.1 Å². The van der Waals surface area contributed by atoms with Gasteiger partial charge in [-0.15, -0.1) is 0 Å². The molecule has 6 nitrogen and oxygen atoms in total. The van der Waals surface area contributed by atoms with Gasteiger partial charge in [0.25, 0.3) is 5.69 Å². The van der Waals surface area contributed by atoms with Gasteiger partial charge in [-0.3, -0.25) is 15.1 Å². The van der Waals surface area contributed by atoms with Crippen molar-refractivity contribution in [1.29, 1.82) is 0 Å². The summed E-state index contributed by atoms with van der Waals surface area (Å²) in [7, 11) is 1.78. The van der Waals surface area contributed by atoms with Gasteiger partial charge in [0.15, 0.2) is 0 Å². The molecule has 19 heavy (non-hydrogen) atoms. The molecule has 0 atom stereocenters. The number of nitro groups is 1. The Bertz CT molecular complexity index is 535. The summed E-state index contributed by atoms with van der Waals surface area (Å²) in [6.45, 7) is 5.69. The fourth-order valence-electron chi connectivity index (χ4n) is 1.37. The van der Waals surface area contributed by atoms with Gasteiger partial charge < -0.3 is 10.6 Å². The van der Waals surface area contributed by atoms with Gasteiger partial charge in [0.1, 0.15) is 6.20 Å². The predicted octanol–water partition coefficient (Wildman–Crippen LogP) is 2.19. The highest BCUT2D eigenvalue weighted by Gasteiger charge is 2.10. The maximum atomic E-state index is 10.8. The molecule has 0 spiro atoms. The summed E-state index contributed by atoms with van der Waals surface area (Å²) in [4.78, 5) is 14.1. The van der Waals surface area contributed by atoms with Crippen molar-refractivity contribution in [3.05, 3.63) is 64.4 Å². The van der Waals surface area contributed by atoms with Crippen molar-refractivity contribution in [2.24, 2.45) is 0 Å². The lowest BCUT2D eigenvalue weighted by Gasteiger charge is -2.09. The highest BCUT2D eigenvalue weighted by Crippen LogP contribution is 2.17. The van der Waals surface area contributed by atoms with Crippen molar-refractivity contribution in [3.63, 3.8) is 0 Å². The molecule has 0 aliphatic heterocycles. The zero-order valence-electron chi connectivity index (χ0n) is 10.9. The largest absolute Gasteiger partial charge is 0.375 e. The number of hydrogen-bond donors (Lipinski definition) is 2. The van der Waals surface area contributed by atoms with E-state index in [0.717, 1.165) is 5.82 Å². The van der Waals surface area contributed by atoms with E-state index in [1.54, 1.807) is 25.3 Å². The van der Waals surface area contributed by atoms with Crippen LogP contribution < -0.4 is 10.6 Å². The lowest BCUT2D eigenvalue weighted by atomic mass is 10.2. The Kier molecular flexibility index (Phi) is 5.28. The van der Waals surface area contributed by atoms with Crippen molar-refractivity contribution >= 4 is 11.8 Å². The number of pyridine rings is 1. The number of nitrogens with zero attached hydrogens (tertiary/aromatic N) is 2. The molecule has 0 unspecified atom stereocenters. The molecule has 6 heteroatoms. The lowest BCUT2D eigenvalue weighted by molar-refractivity contribution is -0.385. The number of allylic oxidation sites excluding steroid dienone is 2. The van der Waals surface area contributed by atoms with E-state index >= 15 is 0 Å². The average Bonchev–Trinajstić information content (AvgIpc) is 2.42. The minimum absolute atomic E-state index is 0.0357. The van der Waals surface area contributed by atoms with E-state index in [1.807, 2.05) is 13.0 Å². The van der Waals surface area contributed by atoms with E-state index in [9.17, 15) is 10.1 Å². The first-order valence-electron chi connectivity index (χ1n) is 5.65. The fourth-order valence-corrected chi connectivity index (χ4v) is 1.37. The monoisotopic (exact) mass is 260 g/mol. The quantitative estimate of drug-likeness (QED) is 0.465. The summed E-state index contributed by atoms with van der Waals surface area (Å²) < 4.78 is 0. The molecule has 0 aliphatic carbocycles. The molecule has 0 saturated carbocycles. The van der Waals surface area contributed by atoms with E-state index in [0.29, 0.717) is 11.3 Å². The lowest BCUT2D eigenvalue weighted by Crippen LogP contribution is -2.21. The zero-order chi connectivity index (χ0) is 14.3. The van der Waals surface area contributed by atoms with Gasteiger partial charge in [0.05, 0.1) is 16.3 Å². The van der Waals surface area contributed by atoms with Crippen LogP contribution in [0.1, 0.15) is 12.5 Å². The molecule has 1 rings (SSSR count). The minimum Gasteiger partial charge on any atom is -0.375 e. The standard InChI is InChI=1S/C13H16N4O2/c1-4-13(14-3)16-10(2)5-6-11-7-8-15-9-12(11)17(18)19/h4-9,14,16H,2H2,1,3H3/b6-5+,13-4+. The van der Waals surface area contributed by atoms with Gasteiger partial charge in [-0.1, -0.05) is 6.58 Å². The Morgan fingerprint density at radius 2 is 2.32 bits per heavy atom. The first kappa shape index (κ1) is 14.4. The van der Waals surface area contributed by atoms with Gasteiger partial charge in [0.2, 0.25) is 0 Å². The van der Waals surface area contributed by atoms with Gasteiger partial charge in [0, 0.05) is 18.9 Å². The SMILES string of the molecule is C=C(/C=C/c1ccncc1[N+](=O)[O-])N/C(=C/C)NC. The Balaban J connectivity index is 2.82. The number of hydrogen-bond acceptors (Lipinski definition) is 5. The van der Waals surface area contributed by atoms with Gasteiger partial charge >= 0.3 is 0 Å². The Morgan fingerprint density at radius 3 is 2.89 bits per heavy atom. The van der Waals surface area contributed by atoms with Crippen LogP contribution in [0.2, 0.25) is 0 Å². The summed E-state index contributed by atoms with van der Waals surface area (Å²) in [5.74, 6) is 0.805. The maximum Gasteiger partial charge on any atom is 0.294 e. The third kappa shape index (κ3) is 4.27. The Labute approximate surface area is 111 Å². The third-order valence-corrected chi connectivity index (χ3v) is 2.35. The number of aromatic nitrogens is 1. The molecule has 2 N–H and O–H groups in total. The summed E-state index contributed by atoms with van der Waals surface area (Å²) in [5.41, 5.74) is 1.06. The molecule has 0 bridgehead atoms. The van der Waals surface area contributed by atoms with Crippen LogP contribution in [-0.4, -0.2) is 17.0 Å².